The summed E-state index contributed by atoms with van der Waals surface area (Å²) >= 11 is 3.17. The van der Waals surface area contributed by atoms with Crippen molar-refractivity contribution < 1.29 is 19.1 Å². The van der Waals surface area contributed by atoms with Crippen LogP contribution in [0.5, 0.6) is 11.5 Å². The summed E-state index contributed by atoms with van der Waals surface area (Å²) in [5.41, 5.74) is 1.85. The summed E-state index contributed by atoms with van der Waals surface area (Å²) in [6, 6.07) is 13.5. The number of imide groups is 1. The van der Waals surface area contributed by atoms with E-state index in [2.05, 4.69) is 22.6 Å². The van der Waals surface area contributed by atoms with E-state index in [0.29, 0.717) is 23.0 Å². The van der Waals surface area contributed by atoms with Gasteiger partial charge in [-0.25, -0.2) is 0 Å². The molecular weight excluding hydrogens is 501 g/mol. The SMILES string of the molecule is CC[C@H](C)N1C(=O)S/C(=C/c2cc(I)c(OCc3ccccc3)c(OC)c2)C1=O. The van der Waals surface area contributed by atoms with Gasteiger partial charge in [0.2, 0.25) is 0 Å². The van der Waals surface area contributed by atoms with E-state index >= 15 is 0 Å². The fourth-order valence-corrected chi connectivity index (χ4v) is 4.60. The van der Waals surface area contributed by atoms with Crippen molar-refractivity contribution in [2.45, 2.75) is 32.9 Å². The van der Waals surface area contributed by atoms with Crippen LogP contribution in [0.25, 0.3) is 6.08 Å². The number of hydrogen-bond donors (Lipinski definition) is 0. The quantitative estimate of drug-likeness (QED) is 0.344. The molecule has 1 heterocycles. The van der Waals surface area contributed by atoms with Gasteiger partial charge in [-0.3, -0.25) is 14.5 Å². The van der Waals surface area contributed by atoms with E-state index in [1.165, 1.54) is 4.90 Å². The average Bonchev–Trinajstić information content (AvgIpc) is 3.00. The molecular formula is C22H22INO4S. The second-order valence-corrected chi connectivity index (χ2v) is 8.77. The molecule has 0 N–H and O–H groups in total. The molecule has 1 atom stereocenters. The van der Waals surface area contributed by atoms with Gasteiger partial charge in [-0.15, -0.1) is 0 Å². The first-order valence-corrected chi connectivity index (χ1v) is 11.2. The first-order valence-electron chi connectivity index (χ1n) is 9.26. The molecule has 1 aliphatic rings. The number of carbonyl (C=O) groups is 2. The molecule has 0 aromatic heterocycles. The Balaban J connectivity index is 1.84. The third-order valence-electron chi connectivity index (χ3n) is 4.63. The maximum atomic E-state index is 12.6. The molecule has 1 aliphatic heterocycles. The number of amides is 2. The average molecular weight is 523 g/mol. The highest BCUT2D eigenvalue weighted by Crippen LogP contribution is 2.38. The van der Waals surface area contributed by atoms with Gasteiger partial charge in [0.1, 0.15) is 6.61 Å². The van der Waals surface area contributed by atoms with Crippen LogP contribution >= 0.6 is 34.4 Å². The minimum absolute atomic E-state index is 0.114. The number of halogens is 1. The smallest absolute Gasteiger partial charge is 0.293 e. The second kappa shape index (κ2) is 9.67. The molecule has 5 nitrogen and oxygen atoms in total. The molecule has 0 spiro atoms. The fraction of sp³-hybridized carbons (Fsp3) is 0.273. The van der Waals surface area contributed by atoms with Crippen molar-refractivity contribution in [2.75, 3.05) is 7.11 Å². The molecule has 0 aliphatic carbocycles. The van der Waals surface area contributed by atoms with Crippen LogP contribution in [0.1, 0.15) is 31.4 Å². The monoisotopic (exact) mass is 523 g/mol. The zero-order valence-electron chi connectivity index (χ0n) is 16.5. The maximum Gasteiger partial charge on any atom is 0.293 e. The summed E-state index contributed by atoms with van der Waals surface area (Å²) in [4.78, 5) is 26.6. The lowest BCUT2D eigenvalue weighted by Gasteiger charge is -2.19. The molecule has 0 unspecified atom stereocenters. The largest absolute Gasteiger partial charge is 0.493 e. The molecule has 7 heteroatoms. The highest BCUT2D eigenvalue weighted by molar-refractivity contribution is 14.1. The molecule has 152 valence electrons. The third kappa shape index (κ3) is 4.95. The van der Waals surface area contributed by atoms with Crippen molar-refractivity contribution in [3.05, 3.63) is 62.1 Å². The van der Waals surface area contributed by atoms with E-state index < -0.39 is 0 Å². The van der Waals surface area contributed by atoms with E-state index in [1.54, 1.807) is 13.2 Å². The first-order chi connectivity index (χ1) is 13.9. The number of benzene rings is 2. The van der Waals surface area contributed by atoms with Crippen molar-refractivity contribution in [1.29, 1.82) is 0 Å². The molecule has 29 heavy (non-hydrogen) atoms. The highest BCUT2D eigenvalue weighted by Gasteiger charge is 2.37. The van der Waals surface area contributed by atoms with Crippen LogP contribution < -0.4 is 9.47 Å². The predicted octanol–water partition coefficient (Wildman–Crippen LogP) is 5.71. The minimum atomic E-state index is -0.243. The Morgan fingerprint density at radius 2 is 1.93 bits per heavy atom. The lowest BCUT2D eigenvalue weighted by Crippen LogP contribution is -2.36. The summed E-state index contributed by atoms with van der Waals surface area (Å²) < 4.78 is 12.4. The van der Waals surface area contributed by atoms with Gasteiger partial charge < -0.3 is 9.47 Å². The summed E-state index contributed by atoms with van der Waals surface area (Å²) in [7, 11) is 1.58. The molecule has 0 radical (unpaired) electrons. The third-order valence-corrected chi connectivity index (χ3v) is 6.32. The maximum absolute atomic E-state index is 12.6. The molecule has 1 saturated heterocycles. The normalized spacial score (nSPS) is 16.4. The van der Waals surface area contributed by atoms with E-state index in [0.717, 1.165) is 32.9 Å². The van der Waals surface area contributed by atoms with Crippen molar-refractivity contribution >= 4 is 51.6 Å². The highest BCUT2D eigenvalue weighted by atomic mass is 127. The van der Waals surface area contributed by atoms with Gasteiger partial charge in [-0.2, -0.15) is 0 Å². The number of ether oxygens (including phenoxy) is 2. The van der Waals surface area contributed by atoms with E-state index in [4.69, 9.17) is 9.47 Å². The zero-order chi connectivity index (χ0) is 21.0. The summed E-state index contributed by atoms with van der Waals surface area (Å²) in [6.45, 7) is 4.27. The van der Waals surface area contributed by atoms with E-state index in [9.17, 15) is 9.59 Å². The summed E-state index contributed by atoms with van der Waals surface area (Å²) in [5, 5.41) is -0.222. The van der Waals surface area contributed by atoms with Crippen molar-refractivity contribution in [3.8, 4) is 11.5 Å². The molecule has 2 aromatic rings. The van der Waals surface area contributed by atoms with Crippen LogP contribution in [0.3, 0.4) is 0 Å². The Hall–Kier alpha value is -2.00. The predicted molar refractivity (Wildman–Crippen MR) is 124 cm³/mol. The molecule has 3 rings (SSSR count). The van der Waals surface area contributed by atoms with Crippen LogP contribution in [-0.2, 0) is 11.4 Å². The van der Waals surface area contributed by atoms with Crippen LogP contribution in [0, 0.1) is 3.57 Å². The van der Waals surface area contributed by atoms with Gasteiger partial charge >= 0.3 is 0 Å². The molecule has 2 amide bonds. The molecule has 1 fully saturated rings. The zero-order valence-corrected chi connectivity index (χ0v) is 19.5. The Morgan fingerprint density at radius 1 is 1.21 bits per heavy atom. The van der Waals surface area contributed by atoms with Gasteiger partial charge in [-0.05, 0) is 77.0 Å². The Kier molecular flexibility index (Phi) is 7.23. The van der Waals surface area contributed by atoms with Crippen LogP contribution in [0.4, 0.5) is 4.79 Å². The van der Waals surface area contributed by atoms with Gasteiger partial charge in [0.05, 0.1) is 15.6 Å². The molecule has 2 aromatic carbocycles. The number of hydrogen-bond acceptors (Lipinski definition) is 5. The number of carbonyl (C=O) groups excluding carboxylic acids is 2. The summed E-state index contributed by atoms with van der Waals surface area (Å²) in [5.74, 6) is 0.995. The summed E-state index contributed by atoms with van der Waals surface area (Å²) in [6.07, 6.45) is 2.46. The van der Waals surface area contributed by atoms with Gasteiger partial charge in [0.25, 0.3) is 11.1 Å². The lowest BCUT2D eigenvalue weighted by atomic mass is 10.1. The van der Waals surface area contributed by atoms with Crippen LogP contribution in [0.15, 0.2) is 47.4 Å². The van der Waals surface area contributed by atoms with Crippen molar-refractivity contribution in [3.63, 3.8) is 0 Å². The Bertz CT molecular complexity index is 945. The number of thioether (sulfide) groups is 1. The van der Waals surface area contributed by atoms with E-state index in [1.807, 2.05) is 56.3 Å². The van der Waals surface area contributed by atoms with Crippen LogP contribution in [0.2, 0.25) is 0 Å². The molecule has 0 saturated carbocycles. The standard InChI is InChI=1S/C22H22INO4S/c1-4-14(2)24-21(25)19(29-22(24)26)12-16-10-17(23)20(18(11-16)27-3)28-13-15-8-6-5-7-9-15/h5-12,14H,4,13H2,1-3H3/b19-12+/t14-/m0/s1. The second-order valence-electron chi connectivity index (χ2n) is 6.62. The molecule has 0 bridgehead atoms. The topological polar surface area (TPSA) is 55.8 Å². The Labute approximate surface area is 188 Å². The van der Waals surface area contributed by atoms with Gasteiger partial charge in [0.15, 0.2) is 11.5 Å². The Morgan fingerprint density at radius 3 is 2.59 bits per heavy atom. The van der Waals surface area contributed by atoms with Crippen LogP contribution in [-0.4, -0.2) is 29.2 Å². The number of methoxy groups -OCH3 is 1. The number of nitrogens with zero attached hydrogens (tertiary/aromatic N) is 1. The minimum Gasteiger partial charge on any atom is -0.493 e. The van der Waals surface area contributed by atoms with Gasteiger partial charge in [0, 0.05) is 6.04 Å². The first kappa shape index (κ1) is 21.7. The van der Waals surface area contributed by atoms with Crippen molar-refractivity contribution in [1.82, 2.24) is 4.90 Å². The number of rotatable bonds is 7. The van der Waals surface area contributed by atoms with E-state index in [-0.39, 0.29) is 17.2 Å². The fourth-order valence-electron chi connectivity index (χ4n) is 2.89. The lowest BCUT2D eigenvalue weighted by molar-refractivity contribution is -0.124. The van der Waals surface area contributed by atoms with Gasteiger partial charge in [-0.1, -0.05) is 37.3 Å². The van der Waals surface area contributed by atoms with Crippen molar-refractivity contribution in [2.24, 2.45) is 0 Å².